The summed E-state index contributed by atoms with van der Waals surface area (Å²) in [6, 6.07) is 17.2. The Labute approximate surface area is 200 Å². The topological polar surface area (TPSA) is 75.0 Å². The Kier molecular flexibility index (Phi) is 6.70. The Morgan fingerprint density at radius 2 is 1.68 bits per heavy atom. The van der Waals surface area contributed by atoms with Gasteiger partial charge in [-0.3, -0.25) is 4.79 Å². The fourth-order valence-electron chi connectivity index (χ4n) is 3.43. The van der Waals surface area contributed by atoms with E-state index >= 15 is 0 Å². The van der Waals surface area contributed by atoms with Crippen molar-refractivity contribution in [3.8, 4) is 28.6 Å². The molecule has 0 saturated heterocycles. The third-order valence-corrected chi connectivity index (χ3v) is 5.38. The van der Waals surface area contributed by atoms with E-state index in [0.717, 1.165) is 5.56 Å². The number of aryl methyl sites for hydroxylation is 1. The van der Waals surface area contributed by atoms with Crippen molar-refractivity contribution in [2.24, 2.45) is 0 Å². The largest absolute Gasteiger partial charge is 0.493 e. The van der Waals surface area contributed by atoms with E-state index in [2.05, 4.69) is 0 Å². The van der Waals surface area contributed by atoms with Crippen molar-refractivity contribution in [3.63, 3.8) is 0 Å². The first-order chi connectivity index (χ1) is 16.4. The highest BCUT2D eigenvalue weighted by Gasteiger charge is 2.20. The van der Waals surface area contributed by atoms with Crippen LogP contribution in [0.25, 0.3) is 28.4 Å². The molecule has 6 nitrogen and oxygen atoms in total. The predicted molar refractivity (Wildman–Crippen MR) is 132 cm³/mol. The quantitative estimate of drug-likeness (QED) is 0.249. The zero-order chi connectivity index (χ0) is 24.2. The molecule has 0 spiro atoms. The second kappa shape index (κ2) is 9.85. The van der Waals surface area contributed by atoms with Crippen molar-refractivity contribution in [2.45, 2.75) is 6.92 Å². The van der Waals surface area contributed by atoms with E-state index in [9.17, 15) is 9.59 Å². The zero-order valence-electron chi connectivity index (χ0n) is 18.8. The van der Waals surface area contributed by atoms with Gasteiger partial charge in [-0.2, -0.15) is 0 Å². The van der Waals surface area contributed by atoms with Crippen LogP contribution in [-0.2, 0) is 4.79 Å². The molecule has 0 unspecified atom stereocenters. The minimum absolute atomic E-state index is 0.144. The number of esters is 1. The fourth-order valence-corrected chi connectivity index (χ4v) is 3.56. The van der Waals surface area contributed by atoms with Crippen LogP contribution in [0.1, 0.15) is 11.1 Å². The van der Waals surface area contributed by atoms with E-state index in [1.165, 1.54) is 13.2 Å². The van der Waals surface area contributed by atoms with Crippen LogP contribution in [0.2, 0.25) is 5.02 Å². The van der Waals surface area contributed by atoms with Crippen LogP contribution in [0.15, 0.2) is 76.0 Å². The number of fused-ring (bicyclic) bond motifs is 1. The highest BCUT2D eigenvalue weighted by atomic mass is 35.5. The summed E-state index contributed by atoms with van der Waals surface area (Å²) in [4.78, 5) is 26.0. The lowest BCUT2D eigenvalue weighted by molar-refractivity contribution is -0.129. The number of carbonyl (C=O) groups is 1. The molecule has 0 aliphatic carbocycles. The first-order valence-electron chi connectivity index (χ1n) is 10.3. The van der Waals surface area contributed by atoms with E-state index in [-0.39, 0.29) is 11.5 Å². The van der Waals surface area contributed by atoms with Gasteiger partial charge in [0.05, 0.1) is 19.6 Å². The lowest BCUT2D eigenvalue weighted by Crippen LogP contribution is -2.14. The van der Waals surface area contributed by atoms with Gasteiger partial charge in [0.1, 0.15) is 5.58 Å². The van der Waals surface area contributed by atoms with Gasteiger partial charge in [0, 0.05) is 16.7 Å². The van der Waals surface area contributed by atoms with Crippen LogP contribution in [0.5, 0.6) is 17.2 Å². The van der Waals surface area contributed by atoms with Gasteiger partial charge in [-0.1, -0.05) is 29.3 Å². The monoisotopic (exact) mass is 476 g/mol. The fraction of sp³-hybridized carbons (Fsp3) is 0.111. The van der Waals surface area contributed by atoms with Crippen LogP contribution < -0.4 is 19.6 Å². The summed E-state index contributed by atoms with van der Waals surface area (Å²) in [6.45, 7) is 1.86. The Bertz CT molecular complexity index is 1450. The van der Waals surface area contributed by atoms with E-state index in [0.29, 0.717) is 38.6 Å². The highest BCUT2D eigenvalue weighted by molar-refractivity contribution is 6.30. The number of hydrogen-bond acceptors (Lipinski definition) is 6. The molecule has 0 atom stereocenters. The number of halogens is 1. The minimum atomic E-state index is -0.732. The maximum Gasteiger partial charge on any atom is 0.336 e. The SMILES string of the molecule is COc1ccc(/C=C/C(=O)Oc2c(-c3ccc(Cl)cc3)oc3ccc(C)cc3c2=O)cc1OC. The Morgan fingerprint density at radius 3 is 2.38 bits per heavy atom. The number of rotatable bonds is 6. The lowest BCUT2D eigenvalue weighted by Gasteiger charge is -2.10. The van der Waals surface area contributed by atoms with Gasteiger partial charge in [-0.15, -0.1) is 0 Å². The molecule has 0 amide bonds. The van der Waals surface area contributed by atoms with Crippen LogP contribution in [0, 0.1) is 6.92 Å². The van der Waals surface area contributed by atoms with Crippen molar-refractivity contribution < 1.29 is 23.4 Å². The molecule has 7 heteroatoms. The molecule has 1 heterocycles. The number of carbonyl (C=O) groups excluding carboxylic acids is 1. The Balaban J connectivity index is 1.72. The molecule has 1 aromatic heterocycles. The molecule has 3 aromatic carbocycles. The van der Waals surface area contributed by atoms with Crippen molar-refractivity contribution >= 4 is 34.6 Å². The molecular formula is C27H21ClO6. The Morgan fingerprint density at radius 1 is 0.941 bits per heavy atom. The number of benzene rings is 3. The molecule has 0 aliphatic heterocycles. The number of hydrogen-bond donors (Lipinski definition) is 0. The van der Waals surface area contributed by atoms with E-state index < -0.39 is 11.4 Å². The van der Waals surface area contributed by atoms with E-state index in [4.69, 9.17) is 30.2 Å². The van der Waals surface area contributed by atoms with Crippen molar-refractivity contribution in [2.75, 3.05) is 14.2 Å². The third kappa shape index (κ3) is 4.82. The van der Waals surface area contributed by atoms with E-state index in [1.54, 1.807) is 67.8 Å². The highest BCUT2D eigenvalue weighted by Crippen LogP contribution is 2.32. The van der Waals surface area contributed by atoms with Gasteiger partial charge < -0.3 is 18.6 Å². The summed E-state index contributed by atoms with van der Waals surface area (Å²) >= 11 is 6.00. The molecule has 0 radical (unpaired) electrons. The van der Waals surface area contributed by atoms with Crippen LogP contribution >= 0.6 is 11.6 Å². The van der Waals surface area contributed by atoms with Crippen LogP contribution in [0.3, 0.4) is 0 Å². The molecule has 0 saturated carbocycles. The van der Waals surface area contributed by atoms with Gasteiger partial charge in [0.25, 0.3) is 0 Å². The number of ether oxygens (including phenoxy) is 3. The maximum absolute atomic E-state index is 13.3. The summed E-state index contributed by atoms with van der Waals surface area (Å²) in [5.74, 6) is 0.310. The second-order valence-corrected chi connectivity index (χ2v) is 7.90. The average molecular weight is 477 g/mol. The van der Waals surface area contributed by atoms with Crippen LogP contribution in [-0.4, -0.2) is 20.2 Å². The molecule has 4 aromatic rings. The lowest BCUT2D eigenvalue weighted by atomic mass is 10.1. The molecule has 0 fully saturated rings. The normalized spacial score (nSPS) is 11.1. The van der Waals surface area contributed by atoms with Crippen molar-refractivity contribution in [1.82, 2.24) is 0 Å². The summed E-state index contributed by atoms with van der Waals surface area (Å²) in [7, 11) is 3.07. The molecule has 4 rings (SSSR count). The smallest absolute Gasteiger partial charge is 0.336 e. The molecule has 0 N–H and O–H groups in total. The summed E-state index contributed by atoms with van der Waals surface area (Å²) < 4.78 is 22.0. The first kappa shape index (κ1) is 23.1. The molecule has 172 valence electrons. The standard InChI is InChI=1S/C27H21ClO6/c1-16-4-11-21-20(14-16)25(30)27(26(33-21)18-7-9-19(28)10-8-18)34-24(29)13-6-17-5-12-22(31-2)23(15-17)32-3/h4-15H,1-3H3/b13-6+. The average Bonchev–Trinajstić information content (AvgIpc) is 2.85. The van der Waals surface area contributed by atoms with E-state index in [1.807, 2.05) is 13.0 Å². The zero-order valence-corrected chi connectivity index (χ0v) is 19.5. The van der Waals surface area contributed by atoms with Crippen molar-refractivity contribution in [3.05, 3.63) is 93.1 Å². The molecule has 0 bridgehead atoms. The minimum Gasteiger partial charge on any atom is -0.493 e. The molecule has 34 heavy (non-hydrogen) atoms. The van der Waals surface area contributed by atoms with Crippen molar-refractivity contribution in [1.29, 1.82) is 0 Å². The second-order valence-electron chi connectivity index (χ2n) is 7.46. The maximum atomic E-state index is 13.3. The number of methoxy groups -OCH3 is 2. The van der Waals surface area contributed by atoms with Gasteiger partial charge in [-0.25, -0.2) is 4.79 Å². The van der Waals surface area contributed by atoms with Gasteiger partial charge >= 0.3 is 5.97 Å². The van der Waals surface area contributed by atoms with Crippen LogP contribution in [0.4, 0.5) is 0 Å². The molecule has 0 aliphatic rings. The molecular weight excluding hydrogens is 456 g/mol. The third-order valence-electron chi connectivity index (χ3n) is 5.13. The van der Waals surface area contributed by atoms with Gasteiger partial charge in [0.2, 0.25) is 11.2 Å². The first-order valence-corrected chi connectivity index (χ1v) is 10.7. The summed E-state index contributed by atoms with van der Waals surface area (Å²) in [5.41, 5.74) is 2.07. The predicted octanol–water partition coefficient (Wildman–Crippen LogP) is 6.06. The summed E-state index contributed by atoms with van der Waals surface area (Å²) in [5, 5.41) is 0.850. The van der Waals surface area contributed by atoms with Gasteiger partial charge in [0.15, 0.2) is 17.3 Å². The Hall–Kier alpha value is -4.03. The van der Waals surface area contributed by atoms with Gasteiger partial charge in [-0.05, 0) is 67.1 Å². The summed E-state index contributed by atoms with van der Waals surface area (Å²) in [6.07, 6.45) is 2.78.